The van der Waals surface area contributed by atoms with Gasteiger partial charge in [-0.25, -0.2) is 4.39 Å². The SMILES string of the molecule is O=C(NNC(=O)c1ccccc1Cl)c1ccc(-c2ccc(F)cc2)o1. The van der Waals surface area contributed by atoms with Gasteiger partial charge in [0.05, 0.1) is 10.6 Å². The van der Waals surface area contributed by atoms with Gasteiger partial charge in [-0.05, 0) is 48.5 Å². The summed E-state index contributed by atoms with van der Waals surface area (Å²) in [6.45, 7) is 0. The predicted octanol–water partition coefficient (Wildman–Crippen LogP) is 3.81. The molecule has 0 fully saturated rings. The van der Waals surface area contributed by atoms with Crippen LogP contribution < -0.4 is 10.9 Å². The van der Waals surface area contributed by atoms with Crippen LogP contribution in [0.3, 0.4) is 0 Å². The summed E-state index contributed by atoms with van der Waals surface area (Å²) in [7, 11) is 0. The molecule has 0 saturated carbocycles. The van der Waals surface area contributed by atoms with E-state index in [1.807, 2.05) is 0 Å². The number of furan rings is 1. The quantitative estimate of drug-likeness (QED) is 0.699. The number of halogens is 2. The summed E-state index contributed by atoms with van der Waals surface area (Å²) in [4.78, 5) is 24.0. The maximum atomic E-state index is 12.9. The highest BCUT2D eigenvalue weighted by atomic mass is 35.5. The Morgan fingerprint density at radius 2 is 1.56 bits per heavy atom. The molecule has 0 aliphatic rings. The Morgan fingerprint density at radius 1 is 0.880 bits per heavy atom. The lowest BCUT2D eigenvalue weighted by atomic mass is 10.2. The number of carbonyl (C=O) groups excluding carboxylic acids is 2. The lowest BCUT2D eigenvalue weighted by Crippen LogP contribution is -2.41. The number of amides is 2. The molecule has 2 aromatic carbocycles. The minimum absolute atomic E-state index is 0.00113. The summed E-state index contributed by atoms with van der Waals surface area (Å²) in [5.74, 6) is -1.14. The van der Waals surface area contributed by atoms with Gasteiger partial charge in [0, 0.05) is 5.56 Å². The summed E-state index contributed by atoms with van der Waals surface area (Å²) < 4.78 is 18.4. The van der Waals surface area contributed by atoms with Crippen molar-refractivity contribution in [3.63, 3.8) is 0 Å². The summed E-state index contributed by atoms with van der Waals surface area (Å²) in [5.41, 5.74) is 5.37. The van der Waals surface area contributed by atoms with Crippen molar-refractivity contribution in [3.05, 3.63) is 82.8 Å². The number of benzene rings is 2. The number of nitrogens with one attached hydrogen (secondary N) is 2. The highest BCUT2D eigenvalue weighted by Crippen LogP contribution is 2.22. The zero-order chi connectivity index (χ0) is 17.8. The first kappa shape index (κ1) is 16.7. The largest absolute Gasteiger partial charge is 0.451 e. The maximum absolute atomic E-state index is 12.9. The van der Waals surface area contributed by atoms with Crippen LogP contribution in [0.2, 0.25) is 5.02 Å². The molecule has 0 aliphatic carbocycles. The second-order valence-corrected chi connectivity index (χ2v) is 5.47. The molecule has 0 bridgehead atoms. The number of hydrogen-bond acceptors (Lipinski definition) is 3. The zero-order valence-electron chi connectivity index (χ0n) is 12.8. The monoisotopic (exact) mass is 358 g/mol. The van der Waals surface area contributed by atoms with Crippen molar-refractivity contribution >= 4 is 23.4 Å². The molecule has 126 valence electrons. The Labute approximate surface area is 147 Å². The minimum Gasteiger partial charge on any atom is -0.451 e. The second kappa shape index (κ2) is 7.19. The normalized spacial score (nSPS) is 10.3. The van der Waals surface area contributed by atoms with Gasteiger partial charge in [-0.15, -0.1) is 0 Å². The third-order valence-electron chi connectivity index (χ3n) is 3.37. The molecular formula is C18H12ClFN2O3. The van der Waals surface area contributed by atoms with E-state index in [-0.39, 0.29) is 22.2 Å². The first-order valence-electron chi connectivity index (χ1n) is 7.25. The standard InChI is InChI=1S/C18H12ClFN2O3/c19-14-4-2-1-3-13(14)17(23)21-22-18(24)16-10-9-15(25-16)11-5-7-12(20)8-6-11/h1-10H,(H,21,23)(H,22,24). The summed E-state index contributed by atoms with van der Waals surface area (Å²) in [5, 5.41) is 0.269. The van der Waals surface area contributed by atoms with Gasteiger partial charge in [-0.1, -0.05) is 23.7 Å². The Morgan fingerprint density at radius 3 is 2.28 bits per heavy atom. The fraction of sp³-hybridized carbons (Fsp3) is 0. The van der Waals surface area contributed by atoms with Crippen LogP contribution in [0.4, 0.5) is 4.39 Å². The van der Waals surface area contributed by atoms with Crippen molar-refractivity contribution < 1.29 is 18.4 Å². The van der Waals surface area contributed by atoms with Crippen molar-refractivity contribution in [2.45, 2.75) is 0 Å². The van der Waals surface area contributed by atoms with Crippen LogP contribution in [-0.2, 0) is 0 Å². The van der Waals surface area contributed by atoms with Crippen LogP contribution in [0.25, 0.3) is 11.3 Å². The molecule has 7 heteroatoms. The molecule has 3 rings (SSSR count). The molecule has 1 aromatic heterocycles. The molecule has 0 atom stereocenters. The van der Waals surface area contributed by atoms with Gasteiger partial charge < -0.3 is 4.42 Å². The highest BCUT2D eigenvalue weighted by molar-refractivity contribution is 6.33. The number of rotatable bonds is 3. The topological polar surface area (TPSA) is 71.3 Å². The van der Waals surface area contributed by atoms with Gasteiger partial charge in [0.25, 0.3) is 5.91 Å². The first-order chi connectivity index (χ1) is 12.0. The van der Waals surface area contributed by atoms with Crippen molar-refractivity contribution in [1.29, 1.82) is 0 Å². The van der Waals surface area contributed by atoms with Gasteiger partial charge in [-0.2, -0.15) is 0 Å². The number of carbonyl (C=O) groups is 2. The Kier molecular flexibility index (Phi) is 4.81. The van der Waals surface area contributed by atoms with Crippen LogP contribution in [-0.4, -0.2) is 11.8 Å². The first-order valence-corrected chi connectivity index (χ1v) is 7.63. The summed E-state index contributed by atoms with van der Waals surface area (Å²) in [6.07, 6.45) is 0. The number of hydrogen-bond donors (Lipinski definition) is 2. The molecule has 25 heavy (non-hydrogen) atoms. The Bertz CT molecular complexity index is 922. The van der Waals surface area contributed by atoms with E-state index in [0.29, 0.717) is 11.3 Å². The van der Waals surface area contributed by atoms with E-state index in [9.17, 15) is 14.0 Å². The van der Waals surface area contributed by atoms with E-state index < -0.39 is 11.8 Å². The third kappa shape index (κ3) is 3.87. The van der Waals surface area contributed by atoms with Crippen LogP contribution in [0.15, 0.2) is 65.1 Å². The van der Waals surface area contributed by atoms with E-state index in [2.05, 4.69) is 10.9 Å². The average Bonchev–Trinajstić information content (AvgIpc) is 3.10. The fourth-order valence-corrected chi connectivity index (χ4v) is 2.34. The lowest BCUT2D eigenvalue weighted by molar-refractivity contribution is 0.0831. The summed E-state index contributed by atoms with van der Waals surface area (Å²) in [6, 6.07) is 15.1. The van der Waals surface area contributed by atoms with Gasteiger partial charge in [0.15, 0.2) is 5.76 Å². The molecule has 3 aromatic rings. The predicted molar refractivity (Wildman–Crippen MR) is 90.5 cm³/mol. The Balaban J connectivity index is 1.65. The number of hydrazine groups is 1. The lowest BCUT2D eigenvalue weighted by Gasteiger charge is -2.07. The van der Waals surface area contributed by atoms with E-state index in [1.54, 1.807) is 24.3 Å². The molecular weight excluding hydrogens is 347 g/mol. The fourth-order valence-electron chi connectivity index (χ4n) is 2.12. The van der Waals surface area contributed by atoms with E-state index in [1.165, 1.54) is 36.4 Å². The molecule has 0 aliphatic heterocycles. The van der Waals surface area contributed by atoms with Crippen LogP contribution in [0.5, 0.6) is 0 Å². The summed E-state index contributed by atoms with van der Waals surface area (Å²) >= 11 is 5.91. The molecule has 2 amide bonds. The van der Waals surface area contributed by atoms with E-state index >= 15 is 0 Å². The van der Waals surface area contributed by atoms with Crippen LogP contribution in [0.1, 0.15) is 20.9 Å². The third-order valence-corrected chi connectivity index (χ3v) is 3.70. The van der Waals surface area contributed by atoms with Crippen molar-refractivity contribution in [3.8, 4) is 11.3 Å². The minimum atomic E-state index is -0.631. The molecule has 0 radical (unpaired) electrons. The maximum Gasteiger partial charge on any atom is 0.305 e. The molecule has 5 nitrogen and oxygen atoms in total. The van der Waals surface area contributed by atoms with Gasteiger partial charge in [0.2, 0.25) is 0 Å². The van der Waals surface area contributed by atoms with Gasteiger partial charge >= 0.3 is 5.91 Å². The van der Waals surface area contributed by atoms with Crippen molar-refractivity contribution in [1.82, 2.24) is 10.9 Å². The van der Waals surface area contributed by atoms with Gasteiger partial charge in [-0.3, -0.25) is 20.4 Å². The average molecular weight is 359 g/mol. The molecule has 0 saturated heterocycles. The molecule has 0 spiro atoms. The van der Waals surface area contributed by atoms with Crippen LogP contribution >= 0.6 is 11.6 Å². The highest BCUT2D eigenvalue weighted by Gasteiger charge is 2.15. The van der Waals surface area contributed by atoms with E-state index in [0.717, 1.165) is 0 Å². The Hall–Kier alpha value is -3.12. The molecule has 2 N–H and O–H groups in total. The van der Waals surface area contributed by atoms with Crippen LogP contribution in [0, 0.1) is 5.82 Å². The zero-order valence-corrected chi connectivity index (χ0v) is 13.5. The smallest absolute Gasteiger partial charge is 0.305 e. The molecule has 0 unspecified atom stereocenters. The second-order valence-electron chi connectivity index (χ2n) is 5.06. The molecule has 1 heterocycles. The van der Waals surface area contributed by atoms with Gasteiger partial charge in [0.1, 0.15) is 11.6 Å². The van der Waals surface area contributed by atoms with Crippen molar-refractivity contribution in [2.75, 3.05) is 0 Å². The van der Waals surface area contributed by atoms with E-state index in [4.69, 9.17) is 16.0 Å². The van der Waals surface area contributed by atoms with Crippen molar-refractivity contribution in [2.24, 2.45) is 0 Å².